The van der Waals surface area contributed by atoms with Gasteiger partial charge in [0.2, 0.25) is 0 Å². The van der Waals surface area contributed by atoms with Crippen LogP contribution in [0.5, 0.6) is 11.5 Å². The van der Waals surface area contributed by atoms with Crippen LogP contribution in [0.4, 0.5) is 8.78 Å². The van der Waals surface area contributed by atoms with E-state index in [1.165, 1.54) is 45.0 Å². The number of rotatable bonds is 5. The molecule has 0 aliphatic rings. The Labute approximate surface area is 155 Å². The topological polar surface area (TPSA) is 52.6 Å². The van der Waals surface area contributed by atoms with Gasteiger partial charge in [-0.3, -0.25) is 0 Å². The van der Waals surface area contributed by atoms with Crippen molar-refractivity contribution in [3.05, 3.63) is 71.8 Å². The smallest absolute Gasteiger partial charge is 0.338 e. The standard InChI is InChI=1S/C21H18F2O4/c1-11(2)20(24)26-14-6-7-15(17(22)10-14)16-8-9-18(13(5)19(16)23)27-21(25)12(3)4/h6-10H,1,3H2,2,4-5H3. The molecule has 0 unspecified atom stereocenters. The molecule has 27 heavy (non-hydrogen) atoms. The van der Waals surface area contributed by atoms with Crippen LogP contribution in [0.2, 0.25) is 0 Å². The van der Waals surface area contributed by atoms with E-state index in [0.29, 0.717) is 0 Å². The number of carbonyl (C=O) groups excluding carboxylic acids is 2. The van der Waals surface area contributed by atoms with Crippen LogP contribution in [-0.4, -0.2) is 11.9 Å². The number of esters is 2. The minimum atomic E-state index is -0.771. The number of hydrogen-bond donors (Lipinski definition) is 0. The number of benzene rings is 2. The molecule has 0 radical (unpaired) electrons. The molecule has 0 N–H and O–H groups in total. The highest BCUT2D eigenvalue weighted by Gasteiger charge is 2.18. The van der Waals surface area contributed by atoms with Crippen LogP contribution in [-0.2, 0) is 9.59 Å². The molecule has 6 heteroatoms. The van der Waals surface area contributed by atoms with Gasteiger partial charge in [-0.05, 0) is 45.0 Å². The second kappa shape index (κ2) is 7.95. The second-order valence-corrected chi connectivity index (χ2v) is 6.03. The SMILES string of the molecule is C=C(C)C(=O)Oc1ccc(-c2ccc(OC(=O)C(=C)C)c(C)c2F)c(F)c1. The molecule has 4 nitrogen and oxygen atoms in total. The summed E-state index contributed by atoms with van der Waals surface area (Å²) >= 11 is 0. The molecular weight excluding hydrogens is 354 g/mol. The molecule has 140 valence electrons. The lowest BCUT2D eigenvalue weighted by molar-refractivity contribution is -0.131. The minimum Gasteiger partial charge on any atom is -0.423 e. The third-order valence-corrected chi connectivity index (χ3v) is 3.68. The zero-order chi connectivity index (χ0) is 20.3. The molecule has 0 aliphatic carbocycles. The zero-order valence-corrected chi connectivity index (χ0v) is 15.2. The van der Waals surface area contributed by atoms with Crippen LogP contribution in [0, 0.1) is 18.6 Å². The molecule has 0 saturated carbocycles. The van der Waals surface area contributed by atoms with Crippen molar-refractivity contribution in [2.24, 2.45) is 0 Å². The quantitative estimate of drug-likeness (QED) is 0.425. The lowest BCUT2D eigenvalue weighted by Crippen LogP contribution is -2.10. The largest absolute Gasteiger partial charge is 0.423 e. The van der Waals surface area contributed by atoms with Crippen LogP contribution in [0.15, 0.2) is 54.6 Å². The molecule has 0 amide bonds. The summed E-state index contributed by atoms with van der Waals surface area (Å²) in [6.07, 6.45) is 0. The van der Waals surface area contributed by atoms with E-state index in [1.54, 1.807) is 0 Å². The van der Waals surface area contributed by atoms with Crippen molar-refractivity contribution in [3.8, 4) is 22.6 Å². The first-order valence-corrected chi connectivity index (χ1v) is 7.96. The van der Waals surface area contributed by atoms with Crippen molar-refractivity contribution in [1.29, 1.82) is 0 Å². The fourth-order valence-electron chi connectivity index (χ4n) is 2.14. The Bertz CT molecular complexity index is 961. The van der Waals surface area contributed by atoms with Crippen LogP contribution >= 0.6 is 0 Å². The van der Waals surface area contributed by atoms with Gasteiger partial charge in [-0.25, -0.2) is 18.4 Å². The summed E-state index contributed by atoms with van der Waals surface area (Å²) in [5.74, 6) is -2.86. The van der Waals surface area contributed by atoms with Crippen molar-refractivity contribution >= 4 is 11.9 Å². The Morgan fingerprint density at radius 2 is 1.44 bits per heavy atom. The molecular formula is C21H18F2O4. The molecule has 0 atom stereocenters. The van der Waals surface area contributed by atoms with Gasteiger partial charge in [0.05, 0.1) is 0 Å². The van der Waals surface area contributed by atoms with Gasteiger partial charge in [0.1, 0.15) is 23.1 Å². The maximum atomic E-state index is 14.7. The van der Waals surface area contributed by atoms with E-state index in [9.17, 15) is 18.4 Å². The first kappa shape index (κ1) is 20.0. The van der Waals surface area contributed by atoms with Crippen molar-refractivity contribution in [3.63, 3.8) is 0 Å². The van der Waals surface area contributed by atoms with Crippen LogP contribution < -0.4 is 9.47 Å². The van der Waals surface area contributed by atoms with Crippen molar-refractivity contribution in [2.75, 3.05) is 0 Å². The van der Waals surface area contributed by atoms with E-state index < -0.39 is 23.6 Å². The Balaban J connectivity index is 2.37. The molecule has 0 heterocycles. The van der Waals surface area contributed by atoms with Gasteiger partial charge >= 0.3 is 11.9 Å². The molecule has 2 aromatic rings. The lowest BCUT2D eigenvalue weighted by atomic mass is 10.0. The number of ether oxygens (including phenoxy) is 2. The maximum Gasteiger partial charge on any atom is 0.338 e. The normalized spacial score (nSPS) is 10.3. The highest BCUT2D eigenvalue weighted by Crippen LogP contribution is 2.33. The van der Waals surface area contributed by atoms with E-state index in [2.05, 4.69) is 13.2 Å². The monoisotopic (exact) mass is 372 g/mol. The molecule has 0 fully saturated rings. The summed E-state index contributed by atoms with van der Waals surface area (Å²) in [6, 6.07) is 6.32. The summed E-state index contributed by atoms with van der Waals surface area (Å²) in [6.45, 7) is 11.3. The van der Waals surface area contributed by atoms with Crippen LogP contribution in [0.1, 0.15) is 19.4 Å². The average molecular weight is 372 g/mol. The predicted octanol–water partition coefficient (Wildman–Crippen LogP) is 4.90. The molecule has 0 aliphatic heterocycles. The van der Waals surface area contributed by atoms with E-state index in [0.717, 1.165) is 6.07 Å². The Hall–Kier alpha value is -3.28. The van der Waals surface area contributed by atoms with Crippen LogP contribution in [0.25, 0.3) is 11.1 Å². The minimum absolute atomic E-state index is 0.0158. The molecule has 2 rings (SSSR count). The van der Waals surface area contributed by atoms with Gasteiger partial charge in [0.25, 0.3) is 0 Å². The molecule has 0 spiro atoms. The summed E-state index contributed by atoms with van der Waals surface area (Å²) < 4.78 is 39.2. The molecule has 0 bridgehead atoms. The Kier molecular flexibility index (Phi) is 5.90. The predicted molar refractivity (Wildman–Crippen MR) is 97.4 cm³/mol. The van der Waals surface area contributed by atoms with E-state index >= 15 is 0 Å². The number of carbonyl (C=O) groups is 2. The lowest BCUT2D eigenvalue weighted by Gasteiger charge is -2.12. The molecule has 0 saturated heterocycles. The van der Waals surface area contributed by atoms with Crippen molar-refractivity contribution in [1.82, 2.24) is 0 Å². The van der Waals surface area contributed by atoms with Crippen molar-refractivity contribution in [2.45, 2.75) is 20.8 Å². The summed E-state index contributed by atoms with van der Waals surface area (Å²) in [7, 11) is 0. The van der Waals surface area contributed by atoms with E-state index in [4.69, 9.17) is 9.47 Å². The third-order valence-electron chi connectivity index (χ3n) is 3.68. The molecule has 0 aromatic heterocycles. The van der Waals surface area contributed by atoms with Gasteiger partial charge < -0.3 is 9.47 Å². The Morgan fingerprint density at radius 1 is 0.889 bits per heavy atom. The average Bonchev–Trinajstić information content (AvgIpc) is 2.59. The third kappa shape index (κ3) is 4.47. The first-order valence-electron chi connectivity index (χ1n) is 7.96. The highest BCUT2D eigenvalue weighted by atomic mass is 19.1. The van der Waals surface area contributed by atoms with Gasteiger partial charge in [0, 0.05) is 33.9 Å². The fourth-order valence-corrected chi connectivity index (χ4v) is 2.14. The fraction of sp³-hybridized carbons (Fsp3) is 0.143. The highest BCUT2D eigenvalue weighted by molar-refractivity contribution is 5.89. The van der Waals surface area contributed by atoms with Gasteiger partial charge in [-0.1, -0.05) is 13.2 Å². The Morgan fingerprint density at radius 3 is 2.00 bits per heavy atom. The number of halogens is 2. The van der Waals surface area contributed by atoms with Gasteiger partial charge in [0.15, 0.2) is 0 Å². The van der Waals surface area contributed by atoms with E-state index in [1.807, 2.05) is 0 Å². The van der Waals surface area contributed by atoms with E-state index in [-0.39, 0.29) is 39.3 Å². The van der Waals surface area contributed by atoms with Crippen molar-refractivity contribution < 1.29 is 27.8 Å². The summed E-state index contributed by atoms with van der Waals surface area (Å²) in [5, 5.41) is 0. The maximum absolute atomic E-state index is 14.7. The summed E-state index contributed by atoms with van der Waals surface area (Å²) in [4.78, 5) is 23.1. The number of hydrogen-bond acceptors (Lipinski definition) is 4. The summed E-state index contributed by atoms with van der Waals surface area (Å²) in [5.41, 5.74) is 0.353. The second-order valence-electron chi connectivity index (χ2n) is 6.03. The zero-order valence-electron chi connectivity index (χ0n) is 15.2. The first-order chi connectivity index (χ1) is 12.6. The van der Waals surface area contributed by atoms with Crippen LogP contribution in [0.3, 0.4) is 0 Å². The van der Waals surface area contributed by atoms with Gasteiger partial charge in [-0.2, -0.15) is 0 Å². The van der Waals surface area contributed by atoms with Gasteiger partial charge in [-0.15, -0.1) is 0 Å². The molecule has 2 aromatic carbocycles.